The molecule has 8 heteroatoms. The van der Waals surface area contributed by atoms with Crippen molar-refractivity contribution < 1.29 is 29.3 Å². The van der Waals surface area contributed by atoms with Gasteiger partial charge in [0, 0.05) is 27.6 Å². The predicted octanol–water partition coefficient (Wildman–Crippen LogP) is 8.53. The van der Waals surface area contributed by atoms with E-state index < -0.39 is 33.6 Å². The van der Waals surface area contributed by atoms with Gasteiger partial charge in [-0.05, 0) is 119 Å². The molecule has 6 atom stereocenters. The molecule has 1 aromatic heterocycles. The largest absolute Gasteiger partial charge is 0.448 e. The second-order valence-corrected chi connectivity index (χ2v) is 18.4. The topological polar surface area (TPSA) is 104 Å². The van der Waals surface area contributed by atoms with E-state index >= 15 is 0 Å². The third kappa shape index (κ3) is 5.61. The summed E-state index contributed by atoms with van der Waals surface area (Å²) >= 11 is 1.50. The number of fused-ring (bicyclic) bond motifs is 11. The number of esters is 1. The Morgan fingerprint density at radius 1 is 1.00 bits per heavy atom. The zero-order valence-electron chi connectivity index (χ0n) is 31.7. The van der Waals surface area contributed by atoms with Crippen LogP contribution in [-0.4, -0.2) is 63.2 Å². The van der Waals surface area contributed by atoms with E-state index in [0.717, 1.165) is 34.1 Å². The molecule has 52 heavy (non-hydrogen) atoms. The normalized spacial score (nSPS) is 32.7. The van der Waals surface area contributed by atoms with Crippen LogP contribution in [0.3, 0.4) is 0 Å². The summed E-state index contributed by atoms with van der Waals surface area (Å²) < 4.78 is 7.12. The minimum Gasteiger partial charge on any atom is -0.448 e. The number of amides is 1. The van der Waals surface area contributed by atoms with Gasteiger partial charge in [0.15, 0.2) is 5.60 Å². The average Bonchev–Trinajstić information content (AvgIpc) is 3.75. The van der Waals surface area contributed by atoms with E-state index in [1.54, 1.807) is 4.90 Å². The number of ether oxygens (including phenoxy) is 1. The van der Waals surface area contributed by atoms with Crippen molar-refractivity contribution in [2.75, 3.05) is 13.1 Å². The minimum atomic E-state index is -1.26. The van der Waals surface area contributed by atoms with E-state index in [2.05, 4.69) is 26.0 Å². The van der Waals surface area contributed by atoms with E-state index in [-0.39, 0.29) is 30.1 Å². The molecule has 1 amide bonds. The molecular formula is C44H55NO6S. The van der Waals surface area contributed by atoms with Gasteiger partial charge in [0.05, 0.1) is 28.5 Å². The lowest BCUT2D eigenvalue weighted by atomic mass is 9.64. The standard InChI is InChI=1S/C44H55NO6S/c1-7-23-45(38(48)44-22-21-42(6,39(49)51-44)40(44,3)4)27-43(50)20-18-34-32-17-15-29(24-31(46)16-14-28(2)11-10-19-41(34,43)5)25-33(32)37(47)36-26-30-12-8-9-13-35(30)52-36/h8-9,11-13,15,17,25-26,31,34,46,50H,7,10,14,16,18-24,27H2,1-6H3/t31-,34-,41-,42-,43+,44+/m0/s1. The number of nitrogens with zero attached hydrogens (tertiary/aromatic N) is 1. The molecule has 2 aromatic carbocycles. The second kappa shape index (κ2) is 13.2. The number of aliphatic hydroxyl groups is 2. The van der Waals surface area contributed by atoms with Gasteiger partial charge in [-0.15, -0.1) is 11.3 Å². The first-order valence-corrected chi connectivity index (χ1v) is 20.2. The summed E-state index contributed by atoms with van der Waals surface area (Å²) in [4.78, 5) is 45.1. The zero-order valence-corrected chi connectivity index (χ0v) is 32.5. The molecule has 7 nitrogen and oxygen atoms in total. The van der Waals surface area contributed by atoms with Gasteiger partial charge in [0.2, 0.25) is 5.78 Å². The molecule has 2 heterocycles. The fourth-order valence-electron chi connectivity index (χ4n) is 10.2. The number of aliphatic hydroxyl groups excluding tert-OH is 1. The van der Waals surface area contributed by atoms with Crippen LogP contribution in [0, 0.1) is 16.2 Å². The first-order valence-electron chi connectivity index (χ1n) is 19.3. The molecule has 3 fully saturated rings. The molecule has 5 aliphatic rings. The first kappa shape index (κ1) is 37.0. The van der Waals surface area contributed by atoms with Crippen LogP contribution in [0.4, 0.5) is 0 Å². The van der Waals surface area contributed by atoms with Gasteiger partial charge >= 0.3 is 5.97 Å². The Bertz CT molecular complexity index is 1910. The van der Waals surface area contributed by atoms with Crippen molar-refractivity contribution in [2.24, 2.45) is 16.2 Å². The Morgan fingerprint density at radius 3 is 2.46 bits per heavy atom. The number of carbonyl (C=O) groups is 3. The Morgan fingerprint density at radius 2 is 1.77 bits per heavy atom. The highest BCUT2D eigenvalue weighted by Gasteiger charge is 2.76. The van der Waals surface area contributed by atoms with E-state index in [1.165, 1.54) is 16.9 Å². The van der Waals surface area contributed by atoms with Crippen molar-refractivity contribution in [1.29, 1.82) is 0 Å². The lowest BCUT2D eigenvalue weighted by Gasteiger charge is -2.47. The summed E-state index contributed by atoms with van der Waals surface area (Å²) in [5, 5.41) is 25.1. The van der Waals surface area contributed by atoms with Crippen molar-refractivity contribution in [3.8, 4) is 0 Å². The average molecular weight is 726 g/mol. The highest BCUT2D eigenvalue weighted by molar-refractivity contribution is 7.21. The molecule has 1 aliphatic heterocycles. The molecule has 0 unspecified atom stereocenters. The Balaban J connectivity index is 1.30. The highest BCUT2D eigenvalue weighted by atomic mass is 32.1. The van der Waals surface area contributed by atoms with Crippen LogP contribution in [0.25, 0.3) is 10.1 Å². The summed E-state index contributed by atoms with van der Waals surface area (Å²) in [6.07, 6.45) is 7.86. The molecule has 0 radical (unpaired) electrons. The minimum absolute atomic E-state index is 0.0374. The van der Waals surface area contributed by atoms with E-state index in [0.29, 0.717) is 68.4 Å². The van der Waals surface area contributed by atoms with Crippen molar-refractivity contribution in [2.45, 2.75) is 129 Å². The van der Waals surface area contributed by atoms with Crippen LogP contribution >= 0.6 is 11.3 Å². The number of rotatable bonds is 7. The van der Waals surface area contributed by atoms with Gasteiger partial charge in [-0.2, -0.15) is 0 Å². The number of ketones is 1. The lowest BCUT2D eigenvalue weighted by Crippen LogP contribution is -2.60. The molecule has 8 rings (SSSR count). The number of allylic oxidation sites excluding steroid dienone is 2. The molecule has 278 valence electrons. The molecule has 0 spiro atoms. The SMILES string of the molecule is CCCN(C[C@]1(O)CC[C@H]2c3ccc(cc3C(=O)c3cc4ccccc4s3)C[C@@H](O)CCC(C)=CCC[C@@]21C)C(=O)[C@@]12CC[C@@](C)(C(=O)O1)C2(C)C. The Hall–Kier alpha value is -3.33. The van der Waals surface area contributed by atoms with Gasteiger partial charge in [-0.25, -0.2) is 0 Å². The summed E-state index contributed by atoms with van der Waals surface area (Å²) in [7, 11) is 0. The predicted molar refractivity (Wildman–Crippen MR) is 205 cm³/mol. The Kier molecular flexibility index (Phi) is 9.40. The van der Waals surface area contributed by atoms with Crippen molar-refractivity contribution in [3.05, 3.63) is 81.7 Å². The molecule has 1 saturated heterocycles. The van der Waals surface area contributed by atoms with Crippen LogP contribution in [-0.2, 0) is 20.7 Å². The van der Waals surface area contributed by atoms with Crippen LogP contribution in [0.1, 0.15) is 132 Å². The second-order valence-electron chi connectivity index (χ2n) is 17.3. The summed E-state index contributed by atoms with van der Waals surface area (Å²) in [5.41, 5.74) is -0.941. The number of thiophene rings is 1. The maximum atomic E-state index is 14.8. The summed E-state index contributed by atoms with van der Waals surface area (Å²) in [6, 6.07) is 16.1. The fourth-order valence-corrected chi connectivity index (χ4v) is 11.3. The van der Waals surface area contributed by atoms with Crippen molar-refractivity contribution in [3.63, 3.8) is 0 Å². The van der Waals surface area contributed by atoms with Crippen LogP contribution in [0.15, 0.2) is 60.2 Å². The van der Waals surface area contributed by atoms with Crippen LogP contribution in [0.5, 0.6) is 0 Å². The monoisotopic (exact) mass is 725 g/mol. The summed E-state index contributed by atoms with van der Waals surface area (Å²) in [6.45, 7) is 12.8. The molecule has 3 aromatic rings. The fraction of sp³-hybridized carbons (Fsp3) is 0.568. The number of hydrogen-bond acceptors (Lipinski definition) is 7. The quantitative estimate of drug-likeness (QED) is 0.144. The van der Waals surface area contributed by atoms with Crippen molar-refractivity contribution >= 4 is 39.1 Å². The molecule has 4 aliphatic carbocycles. The van der Waals surface area contributed by atoms with Crippen LogP contribution < -0.4 is 0 Å². The lowest BCUT2D eigenvalue weighted by molar-refractivity contribution is -0.177. The zero-order chi connectivity index (χ0) is 37.3. The number of carbonyl (C=O) groups excluding carboxylic acids is 3. The van der Waals surface area contributed by atoms with Gasteiger partial charge in [0.25, 0.3) is 5.91 Å². The number of hydrogen-bond donors (Lipinski definition) is 2. The maximum absolute atomic E-state index is 14.8. The van der Waals surface area contributed by atoms with E-state index in [9.17, 15) is 24.6 Å². The third-order valence-electron chi connectivity index (χ3n) is 14.2. The van der Waals surface area contributed by atoms with E-state index in [4.69, 9.17) is 4.74 Å². The van der Waals surface area contributed by atoms with Crippen LogP contribution in [0.2, 0.25) is 0 Å². The summed E-state index contributed by atoms with van der Waals surface area (Å²) in [5.74, 6) is -0.701. The Labute approximate surface area is 312 Å². The highest BCUT2D eigenvalue weighted by Crippen LogP contribution is 2.66. The van der Waals surface area contributed by atoms with Gasteiger partial charge in [-0.3, -0.25) is 14.4 Å². The van der Waals surface area contributed by atoms with Gasteiger partial charge < -0.3 is 19.8 Å². The molecular weight excluding hydrogens is 671 g/mol. The van der Waals surface area contributed by atoms with Gasteiger partial charge in [0.1, 0.15) is 0 Å². The third-order valence-corrected chi connectivity index (χ3v) is 15.3. The van der Waals surface area contributed by atoms with Gasteiger partial charge in [-0.1, -0.05) is 69.7 Å². The molecule has 2 N–H and O–H groups in total. The van der Waals surface area contributed by atoms with Crippen molar-refractivity contribution in [1.82, 2.24) is 4.90 Å². The van der Waals surface area contributed by atoms with E-state index in [1.807, 2.05) is 70.2 Å². The maximum Gasteiger partial charge on any atom is 0.313 e. The number of benzene rings is 2. The first-order chi connectivity index (χ1) is 24.6. The molecule has 2 saturated carbocycles. The molecule has 4 bridgehead atoms. The smallest absolute Gasteiger partial charge is 0.313 e.